The number of anilines is 2. The number of pyridine rings is 1. The van der Waals surface area contributed by atoms with Crippen molar-refractivity contribution in [2.45, 2.75) is 45.3 Å². The highest BCUT2D eigenvalue weighted by Gasteiger charge is 2.19. The molecule has 9 heteroatoms. The summed E-state index contributed by atoms with van der Waals surface area (Å²) in [6, 6.07) is 30.2. The minimum atomic E-state index is -0.139. The second-order valence-electron chi connectivity index (χ2n) is 11.8. The van der Waals surface area contributed by atoms with Crippen LogP contribution >= 0.6 is 11.6 Å². The third-order valence-corrected chi connectivity index (χ3v) is 8.86. The second-order valence-corrected chi connectivity index (χ2v) is 12.0. The summed E-state index contributed by atoms with van der Waals surface area (Å²) in [7, 11) is 3.32. The molecule has 2 aromatic heterocycles. The molecule has 0 atom stereocenters. The predicted octanol–water partition coefficient (Wildman–Crippen LogP) is 8.17. The molecule has 0 saturated carbocycles. The largest absolute Gasteiger partial charge is 0.497 e. The van der Waals surface area contributed by atoms with Crippen molar-refractivity contribution in [1.29, 1.82) is 0 Å². The van der Waals surface area contributed by atoms with Gasteiger partial charge in [0.05, 0.1) is 26.3 Å². The molecule has 0 bridgehead atoms. The Morgan fingerprint density at radius 1 is 0.792 bits per heavy atom. The van der Waals surface area contributed by atoms with Crippen LogP contribution in [0.5, 0.6) is 11.5 Å². The Hall–Kier alpha value is -5.08. The Balaban J connectivity index is 1.42. The van der Waals surface area contributed by atoms with Crippen molar-refractivity contribution in [2.75, 3.05) is 31.0 Å². The number of alkyl halides is 1. The van der Waals surface area contributed by atoms with Crippen LogP contribution in [0.4, 0.5) is 11.8 Å². The monoisotopic (exact) mass is 661 g/mol. The molecule has 2 heterocycles. The molecular formula is C39H40ClN5O3. The van der Waals surface area contributed by atoms with Crippen LogP contribution in [0.2, 0.25) is 0 Å². The SMILES string of the molecule is CCCCNc1nc(N(Cc2ccc(OC)cc2)Cc2ccc(OC)cc2)nc2ccn(Cc3ccc(CCl)c4ccccc34)c(=O)c12. The second kappa shape index (κ2) is 15.2. The lowest BCUT2D eigenvalue weighted by Crippen LogP contribution is -2.27. The topological polar surface area (TPSA) is 81.5 Å². The molecule has 6 aromatic rings. The van der Waals surface area contributed by atoms with Gasteiger partial charge in [0, 0.05) is 31.7 Å². The molecule has 48 heavy (non-hydrogen) atoms. The fraction of sp³-hybridized carbons (Fsp3) is 0.256. The van der Waals surface area contributed by atoms with E-state index in [0.29, 0.717) is 54.7 Å². The van der Waals surface area contributed by atoms with Gasteiger partial charge < -0.3 is 24.3 Å². The Bertz CT molecular complexity index is 2010. The number of halogens is 1. The van der Waals surface area contributed by atoms with E-state index in [9.17, 15) is 4.79 Å². The Kier molecular flexibility index (Phi) is 10.4. The summed E-state index contributed by atoms with van der Waals surface area (Å²) < 4.78 is 12.5. The molecule has 0 unspecified atom stereocenters. The van der Waals surface area contributed by atoms with Gasteiger partial charge in [0.2, 0.25) is 5.95 Å². The van der Waals surface area contributed by atoms with Crippen LogP contribution in [-0.4, -0.2) is 35.3 Å². The maximum Gasteiger partial charge on any atom is 0.264 e. The molecule has 6 rings (SSSR count). The summed E-state index contributed by atoms with van der Waals surface area (Å²) in [5.74, 6) is 3.10. The smallest absolute Gasteiger partial charge is 0.264 e. The lowest BCUT2D eigenvalue weighted by molar-refractivity contribution is 0.414. The van der Waals surface area contributed by atoms with Crippen molar-refractivity contribution in [2.24, 2.45) is 0 Å². The molecule has 4 aromatic carbocycles. The average molecular weight is 662 g/mol. The molecule has 0 amide bonds. The highest BCUT2D eigenvalue weighted by molar-refractivity contribution is 6.18. The van der Waals surface area contributed by atoms with Gasteiger partial charge in [-0.3, -0.25) is 4.79 Å². The first-order valence-corrected chi connectivity index (χ1v) is 16.8. The number of aromatic nitrogens is 3. The lowest BCUT2D eigenvalue weighted by Gasteiger charge is -2.24. The molecule has 1 N–H and O–H groups in total. The van der Waals surface area contributed by atoms with Gasteiger partial charge in [-0.25, -0.2) is 4.98 Å². The zero-order chi connectivity index (χ0) is 33.5. The van der Waals surface area contributed by atoms with E-state index in [1.54, 1.807) is 18.8 Å². The van der Waals surface area contributed by atoms with E-state index in [2.05, 4.69) is 35.3 Å². The normalized spacial score (nSPS) is 11.2. The summed E-state index contributed by atoms with van der Waals surface area (Å²) in [6.07, 6.45) is 3.79. The van der Waals surface area contributed by atoms with Gasteiger partial charge >= 0.3 is 0 Å². The highest BCUT2D eigenvalue weighted by Crippen LogP contribution is 2.27. The number of hydrogen-bond acceptors (Lipinski definition) is 7. The number of unbranched alkanes of at least 4 members (excludes halogenated alkanes) is 1. The summed E-state index contributed by atoms with van der Waals surface area (Å²) in [6.45, 7) is 4.35. The van der Waals surface area contributed by atoms with E-state index >= 15 is 0 Å². The third kappa shape index (κ3) is 7.24. The summed E-state index contributed by atoms with van der Waals surface area (Å²) in [5, 5.41) is 6.14. The molecule has 246 valence electrons. The molecule has 0 radical (unpaired) electrons. The molecule has 8 nitrogen and oxygen atoms in total. The molecule has 0 aliphatic rings. The fourth-order valence-corrected chi connectivity index (χ4v) is 6.14. The van der Waals surface area contributed by atoms with Crippen LogP contribution in [0.1, 0.15) is 42.0 Å². The number of fused-ring (bicyclic) bond motifs is 2. The highest BCUT2D eigenvalue weighted by atomic mass is 35.5. The maximum absolute atomic E-state index is 14.2. The molecule has 0 saturated heterocycles. The number of hydrogen-bond donors (Lipinski definition) is 1. The van der Waals surface area contributed by atoms with E-state index in [1.807, 2.05) is 79.0 Å². The number of ether oxygens (including phenoxy) is 2. The zero-order valence-electron chi connectivity index (χ0n) is 27.6. The molecule has 0 aliphatic heterocycles. The quantitative estimate of drug-likeness (QED) is 0.0932. The van der Waals surface area contributed by atoms with E-state index in [1.165, 1.54) is 0 Å². The van der Waals surface area contributed by atoms with Crippen molar-refractivity contribution in [3.63, 3.8) is 0 Å². The third-order valence-electron chi connectivity index (χ3n) is 8.57. The van der Waals surface area contributed by atoms with Crippen LogP contribution in [0.25, 0.3) is 21.7 Å². The number of rotatable bonds is 14. The maximum atomic E-state index is 14.2. The van der Waals surface area contributed by atoms with E-state index in [4.69, 9.17) is 31.0 Å². The number of nitrogens with one attached hydrogen (secondary N) is 1. The average Bonchev–Trinajstić information content (AvgIpc) is 3.13. The van der Waals surface area contributed by atoms with Crippen LogP contribution in [0, 0.1) is 0 Å². The minimum absolute atomic E-state index is 0.139. The Labute approximate surface area is 285 Å². The van der Waals surface area contributed by atoms with Crippen LogP contribution in [-0.2, 0) is 25.5 Å². The summed E-state index contributed by atoms with van der Waals surface area (Å²) in [4.78, 5) is 26.4. The Morgan fingerprint density at radius 3 is 1.98 bits per heavy atom. The van der Waals surface area contributed by atoms with Crippen LogP contribution < -0.4 is 25.2 Å². The van der Waals surface area contributed by atoms with Crippen LogP contribution in [0.3, 0.4) is 0 Å². The van der Waals surface area contributed by atoms with Crippen molar-refractivity contribution < 1.29 is 9.47 Å². The molecule has 0 fully saturated rings. The summed E-state index contributed by atoms with van der Waals surface area (Å²) >= 11 is 6.24. The van der Waals surface area contributed by atoms with Crippen LogP contribution in [0.15, 0.2) is 102 Å². The molecule has 0 aliphatic carbocycles. The van der Waals surface area contributed by atoms with E-state index < -0.39 is 0 Å². The Morgan fingerprint density at radius 2 is 1.40 bits per heavy atom. The number of nitrogens with zero attached hydrogens (tertiary/aromatic N) is 4. The van der Waals surface area contributed by atoms with Gasteiger partial charge in [-0.2, -0.15) is 4.98 Å². The lowest BCUT2D eigenvalue weighted by atomic mass is 10.00. The van der Waals surface area contributed by atoms with Crippen molar-refractivity contribution >= 4 is 45.0 Å². The first-order chi connectivity index (χ1) is 23.5. The van der Waals surface area contributed by atoms with Crippen molar-refractivity contribution in [1.82, 2.24) is 14.5 Å². The van der Waals surface area contributed by atoms with Gasteiger partial charge in [0.15, 0.2) is 0 Å². The van der Waals surface area contributed by atoms with Gasteiger partial charge in [-0.1, -0.05) is 74.0 Å². The van der Waals surface area contributed by atoms with Gasteiger partial charge in [0.1, 0.15) is 22.7 Å². The van der Waals surface area contributed by atoms with Gasteiger partial charge in [-0.15, -0.1) is 11.6 Å². The van der Waals surface area contributed by atoms with Gasteiger partial charge in [-0.05, 0) is 69.8 Å². The fourth-order valence-electron chi connectivity index (χ4n) is 5.91. The zero-order valence-corrected chi connectivity index (χ0v) is 28.3. The van der Waals surface area contributed by atoms with E-state index in [0.717, 1.165) is 57.4 Å². The van der Waals surface area contributed by atoms with Gasteiger partial charge in [0.25, 0.3) is 5.56 Å². The first-order valence-electron chi connectivity index (χ1n) is 16.2. The predicted molar refractivity (Wildman–Crippen MR) is 196 cm³/mol. The van der Waals surface area contributed by atoms with Crippen molar-refractivity contribution in [3.05, 3.63) is 130 Å². The van der Waals surface area contributed by atoms with E-state index in [-0.39, 0.29) is 5.56 Å². The molecule has 0 spiro atoms. The standard InChI is InChI=1S/C39H40ClN5O3/c1-4-5-21-41-37-36-35(20-22-44(38(36)46)26-30-15-14-29(23-40)33-8-6-7-9-34(30)33)42-39(43-37)45(24-27-10-16-31(47-2)17-11-27)25-28-12-18-32(48-3)19-13-28/h6-20,22H,4-5,21,23-26H2,1-3H3,(H,41,42,43). The first kappa shape index (κ1) is 32.8. The summed E-state index contributed by atoms with van der Waals surface area (Å²) in [5.41, 5.74) is 4.73. The minimum Gasteiger partial charge on any atom is -0.497 e. The number of benzene rings is 4. The number of methoxy groups -OCH3 is 2. The van der Waals surface area contributed by atoms with Crippen molar-refractivity contribution in [3.8, 4) is 11.5 Å². The molecular weight excluding hydrogens is 622 g/mol.